The predicted molar refractivity (Wildman–Crippen MR) is 72.1 cm³/mol. The van der Waals surface area contributed by atoms with Crippen molar-refractivity contribution in [2.75, 3.05) is 26.2 Å². The Labute approximate surface area is 106 Å². The molecule has 1 aliphatic rings. The first-order chi connectivity index (χ1) is 8.34. The second-order valence-corrected chi connectivity index (χ2v) is 5.03. The molecular formula is C14H28N2O. The SMILES string of the molecule is CCCCCCCCNCC(=O)N1CCCC1. The van der Waals surface area contributed by atoms with Crippen molar-refractivity contribution in [2.45, 2.75) is 58.3 Å². The van der Waals surface area contributed by atoms with E-state index in [1.165, 1.54) is 51.4 Å². The molecular weight excluding hydrogens is 212 g/mol. The Morgan fingerprint density at radius 1 is 1.06 bits per heavy atom. The van der Waals surface area contributed by atoms with E-state index in [2.05, 4.69) is 12.2 Å². The van der Waals surface area contributed by atoms with Crippen molar-refractivity contribution >= 4 is 5.91 Å². The molecule has 0 bridgehead atoms. The summed E-state index contributed by atoms with van der Waals surface area (Å²) in [5.41, 5.74) is 0. The molecule has 0 aromatic carbocycles. The van der Waals surface area contributed by atoms with Crippen LogP contribution in [0.25, 0.3) is 0 Å². The van der Waals surface area contributed by atoms with Gasteiger partial charge in [0, 0.05) is 13.1 Å². The summed E-state index contributed by atoms with van der Waals surface area (Å²) in [5.74, 6) is 0.286. The maximum atomic E-state index is 11.7. The molecule has 0 atom stereocenters. The Balaban J connectivity index is 1.85. The topological polar surface area (TPSA) is 32.3 Å². The molecule has 1 rings (SSSR count). The maximum Gasteiger partial charge on any atom is 0.236 e. The molecule has 0 aliphatic carbocycles. The first-order valence-electron chi connectivity index (χ1n) is 7.33. The average Bonchev–Trinajstić information content (AvgIpc) is 2.86. The molecule has 1 heterocycles. The number of nitrogens with one attached hydrogen (secondary N) is 1. The highest BCUT2D eigenvalue weighted by Crippen LogP contribution is 2.07. The number of hydrogen-bond acceptors (Lipinski definition) is 2. The number of unbranched alkanes of at least 4 members (excludes halogenated alkanes) is 5. The lowest BCUT2D eigenvalue weighted by Crippen LogP contribution is -2.36. The van der Waals surface area contributed by atoms with E-state index in [-0.39, 0.29) is 5.91 Å². The fraction of sp³-hybridized carbons (Fsp3) is 0.929. The molecule has 0 unspecified atom stereocenters. The molecule has 17 heavy (non-hydrogen) atoms. The second kappa shape index (κ2) is 9.46. The van der Waals surface area contributed by atoms with Crippen molar-refractivity contribution in [3.63, 3.8) is 0 Å². The summed E-state index contributed by atoms with van der Waals surface area (Å²) in [6, 6.07) is 0. The smallest absolute Gasteiger partial charge is 0.236 e. The second-order valence-electron chi connectivity index (χ2n) is 5.03. The summed E-state index contributed by atoms with van der Waals surface area (Å²) < 4.78 is 0. The zero-order valence-electron chi connectivity index (χ0n) is 11.3. The summed E-state index contributed by atoms with van der Waals surface area (Å²) in [5, 5.41) is 3.26. The van der Waals surface area contributed by atoms with E-state index >= 15 is 0 Å². The van der Waals surface area contributed by atoms with Gasteiger partial charge < -0.3 is 10.2 Å². The summed E-state index contributed by atoms with van der Waals surface area (Å²) in [6.45, 7) is 5.71. The van der Waals surface area contributed by atoms with Crippen LogP contribution in [0.15, 0.2) is 0 Å². The third-order valence-electron chi connectivity index (χ3n) is 3.44. The van der Waals surface area contributed by atoms with Crippen LogP contribution in [0.2, 0.25) is 0 Å². The third-order valence-corrected chi connectivity index (χ3v) is 3.44. The van der Waals surface area contributed by atoms with Crippen LogP contribution in [-0.4, -0.2) is 37.0 Å². The van der Waals surface area contributed by atoms with Crippen LogP contribution >= 0.6 is 0 Å². The molecule has 3 nitrogen and oxygen atoms in total. The van der Waals surface area contributed by atoms with Gasteiger partial charge in [-0.1, -0.05) is 39.0 Å². The number of carbonyl (C=O) groups is 1. The van der Waals surface area contributed by atoms with Gasteiger partial charge in [0.05, 0.1) is 6.54 Å². The van der Waals surface area contributed by atoms with Crippen LogP contribution in [0.1, 0.15) is 58.3 Å². The summed E-state index contributed by atoms with van der Waals surface area (Å²) in [6.07, 6.45) is 10.2. The van der Waals surface area contributed by atoms with Crippen molar-refractivity contribution in [3.05, 3.63) is 0 Å². The molecule has 0 saturated carbocycles. The normalized spacial score (nSPS) is 15.5. The summed E-state index contributed by atoms with van der Waals surface area (Å²) in [4.78, 5) is 13.7. The minimum absolute atomic E-state index is 0.286. The summed E-state index contributed by atoms with van der Waals surface area (Å²) in [7, 11) is 0. The fourth-order valence-corrected chi connectivity index (χ4v) is 2.30. The number of nitrogens with zero attached hydrogens (tertiary/aromatic N) is 1. The molecule has 0 spiro atoms. The number of likely N-dealkylation sites (tertiary alicyclic amines) is 1. The quantitative estimate of drug-likeness (QED) is 0.628. The molecule has 1 fully saturated rings. The zero-order valence-corrected chi connectivity index (χ0v) is 11.3. The Bertz CT molecular complexity index is 200. The molecule has 0 aromatic heterocycles. The Morgan fingerprint density at radius 3 is 2.41 bits per heavy atom. The van der Waals surface area contributed by atoms with E-state index in [9.17, 15) is 4.79 Å². The Morgan fingerprint density at radius 2 is 1.71 bits per heavy atom. The van der Waals surface area contributed by atoms with Crippen molar-refractivity contribution < 1.29 is 4.79 Å². The van der Waals surface area contributed by atoms with Crippen molar-refractivity contribution in [1.82, 2.24) is 10.2 Å². The number of hydrogen-bond donors (Lipinski definition) is 1. The molecule has 1 aliphatic heterocycles. The minimum atomic E-state index is 0.286. The van der Waals surface area contributed by atoms with Crippen molar-refractivity contribution in [2.24, 2.45) is 0 Å². The first-order valence-corrected chi connectivity index (χ1v) is 7.33. The van der Waals surface area contributed by atoms with Crippen LogP contribution in [0.5, 0.6) is 0 Å². The van der Waals surface area contributed by atoms with Gasteiger partial charge in [-0.05, 0) is 25.8 Å². The van der Waals surface area contributed by atoms with Crippen LogP contribution in [0.3, 0.4) is 0 Å². The Hall–Kier alpha value is -0.570. The number of carbonyl (C=O) groups excluding carboxylic acids is 1. The van der Waals surface area contributed by atoms with Crippen LogP contribution in [0.4, 0.5) is 0 Å². The van der Waals surface area contributed by atoms with Crippen LogP contribution in [-0.2, 0) is 4.79 Å². The predicted octanol–water partition coefficient (Wildman–Crippen LogP) is 2.56. The van der Waals surface area contributed by atoms with E-state index in [4.69, 9.17) is 0 Å². The lowest BCUT2D eigenvalue weighted by atomic mass is 10.1. The van der Waals surface area contributed by atoms with Gasteiger partial charge in [-0.3, -0.25) is 4.79 Å². The maximum absolute atomic E-state index is 11.7. The van der Waals surface area contributed by atoms with E-state index in [0.29, 0.717) is 6.54 Å². The number of rotatable bonds is 9. The molecule has 0 aromatic rings. The lowest BCUT2D eigenvalue weighted by Gasteiger charge is -2.15. The lowest BCUT2D eigenvalue weighted by molar-refractivity contribution is -0.129. The van der Waals surface area contributed by atoms with E-state index in [0.717, 1.165) is 19.6 Å². The molecule has 3 heteroatoms. The van der Waals surface area contributed by atoms with Gasteiger partial charge in [-0.2, -0.15) is 0 Å². The molecule has 1 saturated heterocycles. The molecule has 1 N–H and O–H groups in total. The molecule has 100 valence electrons. The van der Waals surface area contributed by atoms with Crippen molar-refractivity contribution in [1.29, 1.82) is 0 Å². The van der Waals surface area contributed by atoms with Gasteiger partial charge in [0.25, 0.3) is 0 Å². The van der Waals surface area contributed by atoms with Crippen molar-refractivity contribution in [3.8, 4) is 0 Å². The largest absolute Gasteiger partial charge is 0.342 e. The van der Waals surface area contributed by atoms with Crippen LogP contribution < -0.4 is 5.32 Å². The standard InChI is InChI=1S/C14H28N2O/c1-2-3-4-5-6-7-10-15-13-14(17)16-11-8-9-12-16/h15H,2-13H2,1H3. The van der Waals surface area contributed by atoms with Gasteiger partial charge in [0.2, 0.25) is 5.91 Å². The van der Waals surface area contributed by atoms with E-state index in [1.807, 2.05) is 4.90 Å². The third kappa shape index (κ3) is 6.67. The minimum Gasteiger partial charge on any atom is -0.342 e. The van der Waals surface area contributed by atoms with Gasteiger partial charge in [-0.25, -0.2) is 0 Å². The van der Waals surface area contributed by atoms with Gasteiger partial charge in [-0.15, -0.1) is 0 Å². The molecule has 1 amide bonds. The van der Waals surface area contributed by atoms with Gasteiger partial charge >= 0.3 is 0 Å². The monoisotopic (exact) mass is 240 g/mol. The zero-order chi connectivity index (χ0) is 12.3. The average molecular weight is 240 g/mol. The molecule has 0 radical (unpaired) electrons. The van der Waals surface area contributed by atoms with Gasteiger partial charge in [0.15, 0.2) is 0 Å². The van der Waals surface area contributed by atoms with Gasteiger partial charge in [0.1, 0.15) is 0 Å². The summed E-state index contributed by atoms with van der Waals surface area (Å²) >= 11 is 0. The van der Waals surface area contributed by atoms with E-state index < -0.39 is 0 Å². The number of amides is 1. The Kier molecular flexibility index (Phi) is 8.06. The highest BCUT2D eigenvalue weighted by molar-refractivity contribution is 5.78. The highest BCUT2D eigenvalue weighted by Gasteiger charge is 2.16. The first kappa shape index (κ1) is 14.5. The highest BCUT2D eigenvalue weighted by atomic mass is 16.2. The van der Waals surface area contributed by atoms with E-state index in [1.54, 1.807) is 0 Å². The fourth-order valence-electron chi connectivity index (χ4n) is 2.30. The van der Waals surface area contributed by atoms with Crippen LogP contribution in [0, 0.1) is 0 Å².